The van der Waals surface area contributed by atoms with Crippen LogP contribution in [-0.2, 0) is 13.6 Å². The molecule has 4 rings (SSSR count). The molecule has 0 aliphatic carbocycles. The summed E-state index contributed by atoms with van der Waals surface area (Å²) >= 11 is 6.01. The number of hydrogen-bond acceptors (Lipinski definition) is 5. The summed E-state index contributed by atoms with van der Waals surface area (Å²) in [5.74, 6) is 0.715. The van der Waals surface area contributed by atoms with Crippen molar-refractivity contribution in [3.05, 3.63) is 55.7 Å². The van der Waals surface area contributed by atoms with Crippen molar-refractivity contribution in [2.24, 2.45) is 7.05 Å². The zero-order chi connectivity index (χ0) is 19.8. The van der Waals surface area contributed by atoms with Gasteiger partial charge >= 0.3 is 5.69 Å². The van der Waals surface area contributed by atoms with E-state index < -0.39 is 11.2 Å². The SMILES string of the molecule is CCN1CCN(c2nc3c(c(=O)[nH]c(=O)n3C)n2Cc2ccc(Cl)cc2)CC1. The molecule has 1 fully saturated rings. The molecule has 1 saturated heterocycles. The van der Waals surface area contributed by atoms with Gasteiger partial charge in [0, 0.05) is 38.2 Å². The Morgan fingerprint density at radius 1 is 1.11 bits per heavy atom. The van der Waals surface area contributed by atoms with Gasteiger partial charge < -0.3 is 9.80 Å². The molecule has 9 heteroatoms. The van der Waals surface area contributed by atoms with Crippen LogP contribution in [0.15, 0.2) is 33.9 Å². The van der Waals surface area contributed by atoms with Gasteiger partial charge in [-0.05, 0) is 24.2 Å². The fourth-order valence-corrected chi connectivity index (χ4v) is 3.78. The quantitative estimate of drug-likeness (QED) is 0.711. The summed E-state index contributed by atoms with van der Waals surface area (Å²) < 4.78 is 3.29. The molecule has 0 spiro atoms. The van der Waals surface area contributed by atoms with Crippen molar-refractivity contribution in [3.63, 3.8) is 0 Å². The lowest BCUT2D eigenvalue weighted by molar-refractivity contribution is 0.269. The number of piperazine rings is 1. The number of nitrogens with one attached hydrogen (secondary N) is 1. The predicted octanol–water partition coefficient (Wildman–Crippen LogP) is 1.27. The molecule has 28 heavy (non-hydrogen) atoms. The molecule has 0 radical (unpaired) electrons. The summed E-state index contributed by atoms with van der Waals surface area (Å²) in [7, 11) is 1.62. The minimum absolute atomic E-state index is 0.399. The molecule has 1 aliphatic rings. The number of benzene rings is 1. The van der Waals surface area contributed by atoms with Crippen LogP contribution >= 0.6 is 11.6 Å². The van der Waals surface area contributed by atoms with Gasteiger partial charge in [-0.2, -0.15) is 4.98 Å². The molecule has 148 valence electrons. The van der Waals surface area contributed by atoms with Crippen molar-refractivity contribution in [2.45, 2.75) is 13.5 Å². The summed E-state index contributed by atoms with van der Waals surface area (Å²) in [4.78, 5) is 36.4. The molecule has 3 aromatic rings. The number of anilines is 1. The van der Waals surface area contributed by atoms with Gasteiger partial charge in [0.05, 0.1) is 6.54 Å². The number of H-pyrrole nitrogens is 1. The second-order valence-electron chi connectivity index (χ2n) is 7.04. The molecule has 8 nitrogen and oxygen atoms in total. The largest absolute Gasteiger partial charge is 0.340 e. The Balaban J connectivity index is 1.84. The Kier molecular flexibility index (Phi) is 4.99. The number of nitrogens with zero attached hydrogens (tertiary/aromatic N) is 5. The van der Waals surface area contributed by atoms with Gasteiger partial charge in [0.25, 0.3) is 5.56 Å². The Bertz CT molecular complexity index is 1110. The maximum absolute atomic E-state index is 12.6. The van der Waals surface area contributed by atoms with Gasteiger partial charge in [0.1, 0.15) is 0 Å². The molecule has 0 atom stereocenters. The number of aromatic nitrogens is 4. The van der Waals surface area contributed by atoms with Gasteiger partial charge in [0.15, 0.2) is 11.2 Å². The standard InChI is InChI=1S/C19H23ClN6O2/c1-3-24-8-10-25(11-9-24)18-21-16-15(17(27)22-19(28)23(16)2)26(18)12-13-4-6-14(20)7-5-13/h4-7H,3,8-12H2,1-2H3,(H,22,27,28). The van der Waals surface area contributed by atoms with E-state index in [2.05, 4.69) is 21.7 Å². The average molecular weight is 403 g/mol. The smallest absolute Gasteiger partial charge is 0.329 e. The monoisotopic (exact) mass is 402 g/mol. The van der Waals surface area contributed by atoms with Gasteiger partial charge in [0.2, 0.25) is 5.95 Å². The summed E-state index contributed by atoms with van der Waals surface area (Å²) in [6.07, 6.45) is 0. The lowest BCUT2D eigenvalue weighted by Crippen LogP contribution is -2.47. The van der Waals surface area contributed by atoms with Gasteiger partial charge in [-0.3, -0.25) is 18.9 Å². The Morgan fingerprint density at radius 3 is 2.43 bits per heavy atom. The summed E-state index contributed by atoms with van der Waals surface area (Å²) in [6.45, 7) is 7.17. The van der Waals surface area contributed by atoms with E-state index in [1.165, 1.54) is 4.57 Å². The first-order valence-corrected chi connectivity index (χ1v) is 9.77. The van der Waals surface area contributed by atoms with Crippen LogP contribution in [0, 0.1) is 0 Å². The van der Waals surface area contributed by atoms with E-state index in [0.717, 1.165) is 38.3 Å². The van der Waals surface area contributed by atoms with Crippen LogP contribution < -0.4 is 16.1 Å². The molecule has 1 aromatic carbocycles. The van der Waals surface area contributed by atoms with Crippen molar-refractivity contribution < 1.29 is 0 Å². The van der Waals surface area contributed by atoms with Crippen LogP contribution in [0.1, 0.15) is 12.5 Å². The summed E-state index contributed by atoms with van der Waals surface area (Å²) in [5, 5.41) is 0.662. The molecule has 3 heterocycles. The number of fused-ring (bicyclic) bond motifs is 1. The summed E-state index contributed by atoms with van der Waals surface area (Å²) in [6, 6.07) is 7.53. The van der Waals surface area contributed by atoms with E-state index in [4.69, 9.17) is 16.6 Å². The van der Waals surface area contributed by atoms with Crippen molar-refractivity contribution in [1.29, 1.82) is 0 Å². The third-order valence-electron chi connectivity index (χ3n) is 5.34. The highest BCUT2D eigenvalue weighted by Gasteiger charge is 2.24. The normalized spacial score (nSPS) is 15.5. The third-order valence-corrected chi connectivity index (χ3v) is 5.60. The minimum Gasteiger partial charge on any atom is -0.340 e. The molecular formula is C19H23ClN6O2. The van der Waals surface area contributed by atoms with E-state index in [0.29, 0.717) is 28.7 Å². The fourth-order valence-electron chi connectivity index (χ4n) is 3.65. The number of imidazole rings is 1. The number of hydrogen-bond donors (Lipinski definition) is 1. The van der Waals surface area contributed by atoms with Crippen LogP contribution in [-0.4, -0.2) is 56.7 Å². The predicted molar refractivity (Wildman–Crippen MR) is 110 cm³/mol. The van der Waals surface area contributed by atoms with Crippen molar-refractivity contribution in [1.82, 2.24) is 24.0 Å². The lowest BCUT2D eigenvalue weighted by atomic mass is 10.2. The molecule has 0 saturated carbocycles. The van der Waals surface area contributed by atoms with Crippen LogP contribution in [0.5, 0.6) is 0 Å². The van der Waals surface area contributed by atoms with Crippen LogP contribution in [0.4, 0.5) is 5.95 Å². The van der Waals surface area contributed by atoms with Gasteiger partial charge in [-0.1, -0.05) is 30.7 Å². The lowest BCUT2D eigenvalue weighted by Gasteiger charge is -2.34. The molecule has 1 N–H and O–H groups in total. The fraction of sp³-hybridized carbons (Fsp3) is 0.421. The van der Waals surface area contributed by atoms with Crippen LogP contribution in [0.2, 0.25) is 5.02 Å². The van der Waals surface area contributed by atoms with E-state index in [1.807, 2.05) is 28.8 Å². The average Bonchev–Trinajstić information content (AvgIpc) is 3.08. The van der Waals surface area contributed by atoms with Crippen LogP contribution in [0.3, 0.4) is 0 Å². The first kappa shape index (κ1) is 18.8. The first-order valence-electron chi connectivity index (χ1n) is 9.39. The van der Waals surface area contributed by atoms with E-state index in [1.54, 1.807) is 7.05 Å². The maximum atomic E-state index is 12.6. The number of likely N-dealkylation sites (N-methyl/N-ethyl adjacent to an activating group) is 1. The van der Waals surface area contributed by atoms with Gasteiger partial charge in [-0.15, -0.1) is 0 Å². The number of rotatable bonds is 4. The number of aromatic amines is 1. The second-order valence-corrected chi connectivity index (χ2v) is 7.47. The number of halogens is 1. The topological polar surface area (TPSA) is 79.2 Å². The Morgan fingerprint density at radius 2 is 1.79 bits per heavy atom. The minimum atomic E-state index is -0.462. The van der Waals surface area contributed by atoms with Crippen molar-refractivity contribution in [3.8, 4) is 0 Å². The zero-order valence-corrected chi connectivity index (χ0v) is 16.7. The molecule has 1 aliphatic heterocycles. The first-order chi connectivity index (χ1) is 13.5. The zero-order valence-electron chi connectivity index (χ0n) is 16.0. The molecule has 0 bridgehead atoms. The van der Waals surface area contributed by atoms with E-state index in [9.17, 15) is 9.59 Å². The molecular weight excluding hydrogens is 380 g/mol. The van der Waals surface area contributed by atoms with Crippen LogP contribution in [0.25, 0.3) is 11.2 Å². The number of aryl methyl sites for hydroxylation is 1. The second kappa shape index (κ2) is 7.44. The molecule has 0 amide bonds. The maximum Gasteiger partial charge on any atom is 0.329 e. The van der Waals surface area contributed by atoms with Gasteiger partial charge in [-0.25, -0.2) is 4.79 Å². The molecule has 2 aromatic heterocycles. The van der Waals surface area contributed by atoms with E-state index >= 15 is 0 Å². The Labute approximate surface area is 167 Å². The highest BCUT2D eigenvalue weighted by atomic mass is 35.5. The van der Waals surface area contributed by atoms with Crippen molar-refractivity contribution >= 4 is 28.7 Å². The summed E-state index contributed by atoms with van der Waals surface area (Å²) in [5.41, 5.74) is 0.931. The van der Waals surface area contributed by atoms with E-state index in [-0.39, 0.29) is 0 Å². The van der Waals surface area contributed by atoms with Crippen molar-refractivity contribution in [2.75, 3.05) is 37.6 Å². The Hall–Kier alpha value is -2.58. The highest BCUT2D eigenvalue weighted by molar-refractivity contribution is 6.30. The third kappa shape index (κ3) is 3.33. The highest BCUT2D eigenvalue weighted by Crippen LogP contribution is 2.23. The molecule has 0 unspecified atom stereocenters.